The lowest BCUT2D eigenvalue weighted by Crippen LogP contribution is -2.32. The van der Waals surface area contributed by atoms with Gasteiger partial charge in [0.1, 0.15) is 0 Å². The number of benzene rings is 1. The first-order valence-electron chi connectivity index (χ1n) is 6.79. The number of amides is 1. The highest BCUT2D eigenvalue weighted by Crippen LogP contribution is 2.24. The van der Waals surface area contributed by atoms with Crippen LogP contribution in [0.4, 0.5) is 0 Å². The number of hydrogen-bond donors (Lipinski definition) is 2. The molecular weight excluding hydrogens is 306 g/mol. The van der Waals surface area contributed by atoms with E-state index in [-0.39, 0.29) is 12.0 Å². The number of halogens is 1. The Morgan fingerprint density at radius 2 is 2.05 bits per heavy atom. The van der Waals surface area contributed by atoms with Gasteiger partial charge in [0.25, 0.3) is 5.91 Å². The molecule has 0 heterocycles. The minimum atomic E-state index is -0.140. The Balaban J connectivity index is 1.89. The van der Waals surface area contributed by atoms with Crippen molar-refractivity contribution in [3.8, 4) is 0 Å². The van der Waals surface area contributed by atoms with Gasteiger partial charge >= 0.3 is 0 Å². The van der Waals surface area contributed by atoms with Gasteiger partial charge in [-0.3, -0.25) is 4.79 Å². The average Bonchev–Trinajstić information content (AvgIpc) is 2.41. The predicted molar refractivity (Wildman–Crippen MR) is 79.2 cm³/mol. The minimum absolute atomic E-state index is 0.00933. The van der Waals surface area contributed by atoms with Crippen LogP contribution in [-0.2, 0) is 0 Å². The highest BCUT2D eigenvalue weighted by molar-refractivity contribution is 9.10. The third kappa shape index (κ3) is 3.80. The standard InChI is InChI=1S/C15H20BrNO2/c1-10-13(3-2-4-14(10)16)15(19)17-9-11-5-7-12(18)8-6-11/h2-4,11-12,18H,5-9H2,1H3,(H,17,19). The Bertz CT molecular complexity index is 453. The fraction of sp³-hybridized carbons (Fsp3) is 0.533. The van der Waals surface area contributed by atoms with E-state index in [2.05, 4.69) is 21.2 Å². The monoisotopic (exact) mass is 325 g/mol. The lowest BCUT2D eigenvalue weighted by atomic mass is 9.87. The first-order chi connectivity index (χ1) is 9.08. The summed E-state index contributed by atoms with van der Waals surface area (Å²) in [6, 6.07) is 5.66. The molecule has 0 spiro atoms. The van der Waals surface area contributed by atoms with E-state index in [0.29, 0.717) is 12.5 Å². The number of aliphatic hydroxyl groups excluding tert-OH is 1. The van der Waals surface area contributed by atoms with Crippen LogP contribution in [0, 0.1) is 12.8 Å². The molecule has 1 aromatic rings. The summed E-state index contributed by atoms with van der Waals surface area (Å²) in [7, 11) is 0. The van der Waals surface area contributed by atoms with Gasteiger partial charge in [-0.2, -0.15) is 0 Å². The Hall–Kier alpha value is -0.870. The molecule has 2 rings (SSSR count). The molecule has 1 amide bonds. The van der Waals surface area contributed by atoms with Gasteiger partial charge in [0.15, 0.2) is 0 Å². The van der Waals surface area contributed by atoms with Gasteiger partial charge in [-0.15, -0.1) is 0 Å². The molecular formula is C15H20BrNO2. The number of rotatable bonds is 3. The molecule has 0 bridgehead atoms. The van der Waals surface area contributed by atoms with Crippen molar-refractivity contribution in [1.29, 1.82) is 0 Å². The van der Waals surface area contributed by atoms with E-state index in [9.17, 15) is 9.90 Å². The maximum absolute atomic E-state index is 12.1. The van der Waals surface area contributed by atoms with Gasteiger partial charge < -0.3 is 10.4 Å². The van der Waals surface area contributed by atoms with Gasteiger partial charge in [-0.1, -0.05) is 22.0 Å². The van der Waals surface area contributed by atoms with E-state index in [4.69, 9.17) is 0 Å². The van der Waals surface area contributed by atoms with Crippen molar-refractivity contribution in [2.24, 2.45) is 5.92 Å². The Kier molecular flexibility index (Phi) is 4.99. The highest BCUT2D eigenvalue weighted by Gasteiger charge is 2.20. The smallest absolute Gasteiger partial charge is 0.251 e. The molecule has 1 aromatic carbocycles. The lowest BCUT2D eigenvalue weighted by Gasteiger charge is -2.25. The summed E-state index contributed by atoms with van der Waals surface area (Å²) >= 11 is 3.44. The third-order valence-corrected chi connectivity index (χ3v) is 4.74. The fourth-order valence-electron chi connectivity index (χ4n) is 2.53. The molecule has 0 unspecified atom stereocenters. The first kappa shape index (κ1) is 14.5. The van der Waals surface area contributed by atoms with Crippen LogP contribution >= 0.6 is 15.9 Å². The first-order valence-corrected chi connectivity index (χ1v) is 7.58. The average molecular weight is 326 g/mol. The second-order valence-electron chi connectivity index (χ2n) is 5.30. The van der Waals surface area contributed by atoms with Crippen LogP contribution in [0.1, 0.15) is 41.6 Å². The molecule has 19 heavy (non-hydrogen) atoms. The zero-order chi connectivity index (χ0) is 13.8. The summed E-state index contributed by atoms with van der Waals surface area (Å²) in [4.78, 5) is 12.1. The number of carbonyl (C=O) groups excluding carboxylic acids is 1. The van der Waals surface area contributed by atoms with E-state index >= 15 is 0 Å². The molecule has 0 atom stereocenters. The van der Waals surface area contributed by atoms with Crippen molar-refractivity contribution >= 4 is 21.8 Å². The normalized spacial score (nSPS) is 23.1. The van der Waals surface area contributed by atoms with Crippen molar-refractivity contribution < 1.29 is 9.90 Å². The molecule has 1 aliphatic rings. The van der Waals surface area contributed by atoms with Crippen molar-refractivity contribution in [2.75, 3.05) is 6.54 Å². The quantitative estimate of drug-likeness (QED) is 0.897. The van der Waals surface area contributed by atoms with E-state index < -0.39 is 0 Å². The summed E-state index contributed by atoms with van der Waals surface area (Å²) in [6.45, 7) is 2.65. The van der Waals surface area contributed by atoms with E-state index in [1.165, 1.54) is 0 Å². The molecule has 0 radical (unpaired) electrons. The number of nitrogens with one attached hydrogen (secondary N) is 1. The van der Waals surface area contributed by atoms with Gasteiger partial charge in [0.2, 0.25) is 0 Å². The topological polar surface area (TPSA) is 49.3 Å². The van der Waals surface area contributed by atoms with E-state index in [1.54, 1.807) is 0 Å². The summed E-state index contributed by atoms with van der Waals surface area (Å²) in [5.74, 6) is 0.490. The molecule has 4 heteroatoms. The Morgan fingerprint density at radius 3 is 2.74 bits per heavy atom. The summed E-state index contributed by atoms with van der Waals surface area (Å²) < 4.78 is 0.959. The number of hydrogen-bond acceptors (Lipinski definition) is 2. The van der Waals surface area contributed by atoms with Crippen LogP contribution in [0.25, 0.3) is 0 Å². The van der Waals surface area contributed by atoms with Crippen LogP contribution in [0.3, 0.4) is 0 Å². The van der Waals surface area contributed by atoms with Crippen molar-refractivity contribution in [3.05, 3.63) is 33.8 Å². The van der Waals surface area contributed by atoms with Crippen molar-refractivity contribution in [3.63, 3.8) is 0 Å². The summed E-state index contributed by atoms with van der Waals surface area (Å²) in [6.07, 6.45) is 3.57. The maximum Gasteiger partial charge on any atom is 0.251 e. The molecule has 0 aromatic heterocycles. The number of aliphatic hydroxyl groups is 1. The van der Waals surface area contributed by atoms with Crippen LogP contribution < -0.4 is 5.32 Å². The fourth-order valence-corrected chi connectivity index (χ4v) is 2.90. The minimum Gasteiger partial charge on any atom is -0.393 e. The largest absolute Gasteiger partial charge is 0.393 e. The van der Waals surface area contributed by atoms with Crippen molar-refractivity contribution in [1.82, 2.24) is 5.32 Å². The highest BCUT2D eigenvalue weighted by atomic mass is 79.9. The van der Waals surface area contributed by atoms with Gasteiger partial charge in [0, 0.05) is 16.6 Å². The summed E-state index contributed by atoms with van der Waals surface area (Å²) in [5, 5.41) is 12.5. The van der Waals surface area contributed by atoms with Crippen LogP contribution in [-0.4, -0.2) is 23.7 Å². The Morgan fingerprint density at radius 1 is 1.37 bits per heavy atom. The van der Waals surface area contributed by atoms with Crippen LogP contribution in [0.15, 0.2) is 22.7 Å². The molecule has 1 fully saturated rings. The third-order valence-electron chi connectivity index (χ3n) is 3.88. The SMILES string of the molecule is Cc1c(Br)cccc1C(=O)NCC1CCC(O)CC1. The molecule has 104 valence electrons. The number of carbonyl (C=O) groups is 1. The Labute approximate surface area is 122 Å². The lowest BCUT2D eigenvalue weighted by molar-refractivity contribution is 0.0909. The summed E-state index contributed by atoms with van der Waals surface area (Å²) in [5.41, 5.74) is 1.70. The van der Waals surface area contributed by atoms with Gasteiger partial charge in [-0.25, -0.2) is 0 Å². The van der Waals surface area contributed by atoms with E-state index in [1.807, 2.05) is 25.1 Å². The predicted octanol–water partition coefficient (Wildman–Crippen LogP) is 3.04. The molecule has 1 saturated carbocycles. The molecule has 1 aliphatic carbocycles. The molecule has 0 saturated heterocycles. The molecule has 0 aliphatic heterocycles. The zero-order valence-electron chi connectivity index (χ0n) is 11.2. The maximum atomic E-state index is 12.1. The van der Waals surface area contributed by atoms with Gasteiger partial charge in [0.05, 0.1) is 6.10 Å². The van der Waals surface area contributed by atoms with Crippen LogP contribution in [0.5, 0.6) is 0 Å². The second kappa shape index (κ2) is 6.53. The van der Waals surface area contributed by atoms with Gasteiger partial charge in [-0.05, 0) is 56.2 Å². The van der Waals surface area contributed by atoms with E-state index in [0.717, 1.165) is 41.3 Å². The zero-order valence-corrected chi connectivity index (χ0v) is 12.7. The second-order valence-corrected chi connectivity index (χ2v) is 6.15. The molecule has 2 N–H and O–H groups in total. The van der Waals surface area contributed by atoms with Crippen LogP contribution in [0.2, 0.25) is 0 Å². The van der Waals surface area contributed by atoms with Crippen molar-refractivity contribution in [2.45, 2.75) is 38.7 Å². The molecule has 3 nitrogen and oxygen atoms in total.